The van der Waals surface area contributed by atoms with Gasteiger partial charge in [-0.05, 0) is 0 Å². The Labute approximate surface area is 80.1 Å². The monoisotopic (exact) mass is 201 g/mol. The van der Waals surface area contributed by atoms with E-state index in [4.69, 9.17) is 5.73 Å². The van der Waals surface area contributed by atoms with Crippen LogP contribution < -0.4 is 11.2 Å². The summed E-state index contributed by atoms with van der Waals surface area (Å²) in [4.78, 5) is 21.0. The molecular weight excluding hydrogens is 190 g/mol. The maximum atomic E-state index is 10.7. The standard InChI is InChI=1S/C7H11N3O2S/c1-4-2-13-3-5(4)9-10-7(12)6(8)11/h4H,2-3H2,1H3,(H2,8,11)(H,10,12)/b9-5+. The zero-order chi connectivity index (χ0) is 9.84. The summed E-state index contributed by atoms with van der Waals surface area (Å²) in [6, 6.07) is 0. The van der Waals surface area contributed by atoms with Crippen molar-refractivity contribution in [2.24, 2.45) is 16.8 Å². The summed E-state index contributed by atoms with van der Waals surface area (Å²) in [5, 5.41) is 3.82. The molecule has 0 bridgehead atoms. The molecule has 1 saturated heterocycles. The zero-order valence-corrected chi connectivity index (χ0v) is 8.06. The molecule has 0 aliphatic carbocycles. The Bertz CT molecular complexity index is 264. The van der Waals surface area contributed by atoms with Gasteiger partial charge in [0.25, 0.3) is 0 Å². The van der Waals surface area contributed by atoms with Crippen molar-refractivity contribution in [3.63, 3.8) is 0 Å². The lowest BCUT2D eigenvalue weighted by Gasteiger charge is -2.01. The number of nitrogens with one attached hydrogen (secondary N) is 1. The number of primary amides is 1. The fourth-order valence-corrected chi connectivity index (χ4v) is 2.12. The van der Waals surface area contributed by atoms with E-state index in [0.717, 1.165) is 17.2 Å². The van der Waals surface area contributed by atoms with Gasteiger partial charge in [0.15, 0.2) is 0 Å². The Morgan fingerprint density at radius 3 is 2.85 bits per heavy atom. The number of nitrogens with zero attached hydrogens (tertiary/aromatic N) is 1. The van der Waals surface area contributed by atoms with Crippen LogP contribution in [0.1, 0.15) is 6.92 Å². The normalized spacial score (nSPS) is 24.7. The topological polar surface area (TPSA) is 84.6 Å². The highest BCUT2D eigenvalue weighted by atomic mass is 32.2. The molecule has 1 fully saturated rings. The summed E-state index contributed by atoms with van der Waals surface area (Å²) in [5.74, 6) is 0.295. The largest absolute Gasteiger partial charge is 0.361 e. The lowest BCUT2D eigenvalue weighted by atomic mass is 10.1. The number of carbonyl (C=O) groups is 2. The van der Waals surface area contributed by atoms with Crippen molar-refractivity contribution in [1.82, 2.24) is 5.43 Å². The van der Waals surface area contributed by atoms with E-state index >= 15 is 0 Å². The molecule has 0 aromatic heterocycles. The second kappa shape index (κ2) is 4.27. The second-order valence-electron chi connectivity index (χ2n) is 2.82. The van der Waals surface area contributed by atoms with Gasteiger partial charge < -0.3 is 5.73 Å². The molecule has 1 atom stereocenters. The van der Waals surface area contributed by atoms with Crippen molar-refractivity contribution in [3.05, 3.63) is 0 Å². The van der Waals surface area contributed by atoms with Crippen LogP contribution in [0.4, 0.5) is 0 Å². The molecule has 0 saturated carbocycles. The lowest BCUT2D eigenvalue weighted by Crippen LogP contribution is -2.34. The molecule has 5 nitrogen and oxygen atoms in total. The van der Waals surface area contributed by atoms with Crippen LogP contribution in [0.15, 0.2) is 5.10 Å². The molecule has 2 amide bonds. The molecule has 1 aliphatic rings. The van der Waals surface area contributed by atoms with Crippen molar-refractivity contribution in [3.8, 4) is 0 Å². The first kappa shape index (κ1) is 10.0. The van der Waals surface area contributed by atoms with Gasteiger partial charge in [0.1, 0.15) is 0 Å². The van der Waals surface area contributed by atoms with Crippen LogP contribution >= 0.6 is 11.8 Å². The minimum atomic E-state index is -1.01. The second-order valence-corrected chi connectivity index (χ2v) is 3.85. The predicted octanol–water partition coefficient (Wildman–Crippen LogP) is -0.673. The van der Waals surface area contributed by atoms with Gasteiger partial charge in [0.2, 0.25) is 0 Å². The fourth-order valence-electron chi connectivity index (χ4n) is 0.899. The van der Waals surface area contributed by atoms with Gasteiger partial charge in [-0.25, -0.2) is 5.43 Å². The van der Waals surface area contributed by atoms with Crippen LogP contribution in [-0.4, -0.2) is 29.0 Å². The molecule has 0 aromatic carbocycles. The molecular formula is C7H11N3O2S. The summed E-state index contributed by atoms with van der Waals surface area (Å²) < 4.78 is 0. The number of rotatable bonds is 1. The van der Waals surface area contributed by atoms with Crippen LogP contribution in [0.2, 0.25) is 0 Å². The van der Waals surface area contributed by atoms with Gasteiger partial charge in [-0.15, -0.1) is 0 Å². The summed E-state index contributed by atoms with van der Waals surface area (Å²) in [7, 11) is 0. The summed E-state index contributed by atoms with van der Waals surface area (Å²) in [6.45, 7) is 2.02. The zero-order valence-electron chi connectivity index (χ0n) is 7.24. The molecule has 0 aromatic rings. The molecule has 3 N–H and O–H groups in total. The van der Waals surface area contributed by atoms with Gasteiger partial charge in [-0.2, -0.15) is 16.9 Å². The Morgan fingerprint density at radius 2 is 2.38 bits per heavy atom. The third-order valence-electron chi connectivity index (χ3n) is 1.71. The average Bonchev–Trinajstić information content (AvgIpc) is 2.47. The van der Waals surface area contributed by atoms with Crippen LogP contribution in [-0.2, 0) is 9.59 Å². The highest BCUT2D eigenvalue weighted by Crippen LogP contribution is 2.20. The number of hydrazone groups is 1. The van der Waals surface area contributed by atoms with E-state index in [0.29, 0.717) is 5.92 Å². The molecule has 1 aliphatic heterocycles. The molecule has 1 rings (SSSR count). The highest BCUT2D eigenvalue weighted by Gasteiger charge is 2.19. The third-order valence-corrected chi connectivity index (χ3v) is 2.95. The SMILES string of the molecule is CC1CSC/C1=N\NC(=O)C(N)=O. The van der Waals surface area contributed by atoms with Crippen molar-refractivity contribution in [1.29, 1.82) is 0 Å². The third kappa shape index (κ3) is 2.73. The first-order chi connectivity index (χ1) is 6.11. The van der Waals surface area contributed by atoms with E-state index < -0.39 is 11.8 Å². The fraction of sp³-hybridized carbons (Fsp3) is 0.571. The minimum absolute atomic E-state index is 0.359. The average molecular weight is 201 g/mol. The van der Waals surface area contributed by atoms with Gasteiger partial charge in [-0.1, -0.05) is 6.92 Å². The lowest BCUT2D eigenvalue weighted by molar-refractivity contribution is -0.137. The smallest absolute Gasteiger partial charge is 0.329 e. The van der Waals surface area contributed by atoms with Crippen LogP contribution in [0, 0.1) is 5.92 Å². The van der Waals surface area contributed by atoms with Crippen LogP contribution in [0.25, 0.3) is 0 Å². The molecule has 72 valence electrons. The van der Waals surface area contributed by atoms with E-state index in [1.165, 1.54) is 0 Å². The predicted molar refractivity (Wildman–Crippen MR) is 51.3 cm³/mol. The summed E-state index contributed by atoms with van der Waals surface area (Å²) in [5.41, 5.74) is 7.75. The maximum Gasteiger partial charge on any atom is 0.329 e. The number of nitrogens with two attached hydrogens (primary N) is 1. The quantitative estimate of drug-likeness (QED) is 0.435. The summed E-state index contributed by atoms with van der Waals surface area (Å²) >= 11 is 1.75. The molecule has 6 heteroatoms. The maximum absolute atomic E-state index is 10.7. The van der Waals surface area contributed by atoms with Crippen molar-refractivity contribution in [2.75, 3.05) is 11.5 Å². The van der Waals surface area contributed by atoms with E-state index in [2.05, 4.69) is 10.5 Å². The van der Waals surface area contributed by atoms with Crippen molar-refractivity contribution < 1.29 is 9.59 Å². The Morgan fingerprint density at radius 1 is 1.69 bits per heavy atom. The van der Waals surface area contributed by atoms with Gasteiger partial charge in [-0.3, -0.25) is 9.59 Å². The molecule has 13 heavy (non-hydrogen) atoms. The van der Waals surface area contributed by atoms with E-state index in [-0.39, 0.29) is 0 Å². The first-order valence-corrected chi connectivity index (χ1v) is 5.00. The van der Waals surface area contributed by atoms with E-state index in [1.54, 1.807) is 11.8 Å². The summed E-state index contributed by atoms with van der Waals surface area (Å²) in [6.07, 6.45) is 0. The van der Waals surface area contributed by atoms with E-state index in [9.17, 15) is 9.59 Å². The number of thioether (sulfide) groups is 1. The molecule has 0 spiro atoms. The van der Waals surface area contributed by atoms with Gasteiger partial charge in [0.05, 0.1) is 5.71 Å². The number of hydrogen-bond acceptors (Lipinski definition) is 4. The Kier molecular flexibility index (Phi) is 3.30. The van der Waals surface area contributed by atoms with Crippen LogP contribution in [0.3, 0.4) is 0 Å². The van der Waals surface area contributed by atoms with Gasteiger partial charge in [0, 0.05) is 17.4 Å². The Balaban J connectivity index is 2.48. The molecule has 0 radical (unpaired) electrons. The highest BCUT2D eigenvalue weighted by molar-refractivity contribution is 8.00. The van der Waals surface area contributed by atoms with Crippen LogP contribution in [0.5, 0.6) is 0 Å². The first-order valence-electron chi connectivity index (χ1n) is 3.85. The van der Waals surface area contributed by atoms with Crippen molar-refractivity contribution in [2.45, 2.75) is 6.92 Å². The Hall–Kier alpha value is -1.04. The molecule has 1 heterocycles. The minimum Gasteiger partial charge on any atom is -0.361 e. The number of carbonyl (C=O) groups excluding carboxylic acids is 2. The number of hydrogen-bond donors (Lipinski definition) is 2. The van der Waals surface area contributed by atoms with Gasteiger partial charge >= 0.3 is 11.8 Å². The van der Waals surface area contributed by atoms with Crippen molar-refractivity contribution >= 4 is 29.3 Å². The number of amides is 2. The van der Waals surface area contributed by atoms with E-state index in [1.807, 2.05) is 6.92 Å². The molecule has 1 unspecified atom stereocenters.